The van der Waals surface area contributed by atoms with Crippen LogP contribution in [0.5, 0.6) is 0 Å². The maximum Gasteiger partial charge on any atom is 0.257 e. The van der Waals surface area contributed by atoms with Crippen LogP contribution in [0.4, 0.5) is 11.4 Å². The first-order valence-corrected chi connectivity index (χ1v) is 15.1. The number of anilines is 2. The third-order valence-corrected chi connectivity index (χ3v) is 10.6. The summed E-state index contributed by atoms with van der Waals surface area (Å²) < 4.78 is 54.5. The topological polar surface area (TPSA) is 107 Å². The highest BCUT2D eigenvalue weighted by Gasteiger charge is 2.28. The van der Waals surface area contributed by atoms with Crippen molar-refractivity contribution >= 4 is 37.3 Å². The fourth-order valence-corrected chi connectivity index (χ4v) is 7.11. The second-order valence-corrected chi connectivity index (χ2v) is 13.6. The molecular weight excluding hydrogens is 500 g/mol. The number of amides is 1. The van der Waals surface area contributed by atoms with Crippen LogP contribution in [-0.4, -0.2) is 71.6 Å². The number of aryl methyl sites for hydroxylation is 1. The van der Waals surface area contributed by atoms with Crippen LogP contribution in [-0.2, 0) is 20.0 Å². The minimum Gasteiger partial charge on any atom is -0.371 e. The number of rotatable bonds is 7. The number of hydrogen-bond acceptors (Lipinski definition) is 6. The summed E-state index contributed by atoms with van der Waals surface area (Å²) >= 11 is 0. The molecule has 2 aromatic carbocycles. The third kappa shape index (κ3) is 5.29. The Balaban J connectivity index is 1.70. The quantitative estimate of drug-likeness (QED) is 0.584. The molecule has 0 spiro atoms. The molecule has 0 bridgehead atoms. The maximum atomic E-state index is 13.5. The Hall–Kier alpha value is -2.47. The van der Waals surface area contributed by atoms with Gasteiger partial charge in [-0.05, 0) is 68.5 Å². The molecule has 2 aromatic rings. The molecule has 11 heteroatoms. The second kappa shape index (κ2) is 10.5. The van der Waals surface area contributed by atoms with Crippen molar-refractivity contribution in [2.45, 2.75) is 48.8 Å². The number of piperidine rings is 1. The minimum absolute atomic E-state index is 0.0266. The number of nitrogens with zero attached hydrogens (tertiary/aromatic N) is 3. The van der Waals surface area contributed by atoms with Crippen LogP contribution in [0, 0.1) is 6.92 Å². The molecular formula is C25H34N4O5S2. The lowest BCUT2D eigenvalue weighted by Crippen LogP contribution is -2.35. The molecule has 4 rings (SSSR count). The average molecular weight is 535 g/mol. The van der Waals surface area contributed by atoms with Crippen molar-refractivity contribution in [3.8, 4) is 0 Å². The number of carbonyl (C=O) groups excluding carboxylic acids is 1. The van der Waals surface area contributed by atoms with Crippen LogP contribution in [0.3, 0.4) is 0 Å². The lowest BCUT2D eigenvalue weighted by atomic mass is 10.1. The van der Waals surface area contributed by atoms with Crippen molar-refractivity contribution in [1.29, 1.82) is 0 Å². The zero-order chi connectivity index (χ0) is 26.1. The van der Waals surface area contributed by atoms with E-state index in [1.54, 1.807) is 25.1 Å². The molecule has 2 heterocycles. The van der Waals surface area contributed by atoms with Crippen molar-refractivity contribution in [2.24, 2.45) is 0 Å². The van der Waals surface area contributed by atoms with Gasteiger partial charge in [0.15, 0.2) is 0 Å². The van der Waals surface area contributed by atoms with Gasteiger partial charge in [-0.3, -0.25) is 4.79 Å². The molecule has 0 atom stereocenters. The number of carbonyl (C=O) groups is 1. The molecule has 1 amide bonds. The summed E-state index contributed by atoms with van der Waals surface area (Å²) in [5, 5.41) is 2.86. The molecule has 0 aromatic heterocycles. The van der Waals surface area contributed by atoms with Crippen LogP contribution < -0.4 is 10.2 Å². The first-order chi connectivity index (χ1) is 17.0. The first kappa shape index (κ1) is 26.6. The normalized spacial score (nSPS) is 17.5. The number of sulfonamides is 2. The highest BCUT2D eigenvalue weighted by Crippen LogP contribution is 2.30. The SMILES string of the molecule is Cc1ccc(S(=O)(=O)N2CCCCC2)cc1NC(=O)c1cc(S(=O)(=O)N(C)C)ccc1N1CCCC1. The number of hydrogen-bond donors (Lipinski definition) is 1. The molecule has 0 aliphatic carbocycles. The molecule has 196 valence electrons. The predicted molar refractivity (Wildman–Crippen MR) is 141 cm³/mol. The van der Waals surface area contributed by atoms with Crippen LogP contribution in [0.15, 0.2) is 46.2 Å². The third-order valence-electron chi connectivity index (χ3n) is 6.85. The summed E-state index contributed by atoms with van der Waals surface area (Å²) in [4.78, 5) is 15.8. The lowest BCUT2D eigenvalue weighted by Gasteiger charge is -2.26. The highest BCUT2D eigenvalue weighted by molar-refractivity contribution is 7.89. The van der Waals surface area contributed by atoms with Gasteiger partial charge in [-0.1, -0.05) is 12.5 Å². The molecule has 0 unspecified atom stereocenters. The molecule has 2 saturated heterocycles. The predicted octanol–water partition coefficient (Wildman–Crippen LogP) is 3.27. The molecule has 2 aliphatic rings. The zero-order valence-corrected chi connectivity index (χ0v) is 22.7. The Morgan fingerprint density at radius 3 is 2.08 bits per heavy atom. The fraction of sp³-hybridized carbons (Fsp3) is 0.480. The molecule has 0 radical (unpaired) electrons. The van der Waals surface area contributed by atoms with Crippen molar-refractivity contribution in [1.82, 2.24) is 8.61 Å². The lowest BCUT2D eigenvalue weighted by molar-refractivity contribution is 0.102. The fourth-order valence-electron chi connectivity index (χ4n) is 4.64. The number of benzene rings is 2. The van der Waals surface area contributed by atoms with Crippen molar-refractivity contribution in [3.05, 3.63) is 47.5 Å². The van der Waals surface area contributed by atoms with Crippen LogP contribution in [0.2, 0.25) is 0 Å². The largest absolute Gasteiger partial charge is 0.371 e. The van der Waals surface area contributed by atoms with Gasteiger partial charge in [-0.2, -0.15) is 4.31 Å². The Kier molecular flexibility index (Phi) is 7.75. The van der Waals surface area contributed by atoms with Gasteiger partial charge in [-0.25, -0.2) is 21.1 Å². The van der Waals surface area contributed by atoms with E-state index in [1.165, 1.54) is 36.6 Å². The van der Waals surface area contributed by atoms with Gasteiger partial charge in [0.25, 0.3) is 5.91 Å². The summed E-state index contributed by atoms with van der Waals surface area (Å²) in [6.45, 7) is 4.33. The monoisotopic (exact) mass is 534 g/mol. The van der Waals surface area contributed by atoms with E-state index in [0.717, 1.165) is 49.5 Å². The second-order valence-electron chi connectivity index (χ2n) is 9.56. The number of nitrogens with one attached hydrogen (secondary N) is 1. The van der Waals surface area contributed by atoms with Crippen LogP contribution in [0.1, 0.15) is 48.0 Å². The Morgan fingerprint density at radius 2 is 1.44 bits per heavy atom. The van der Waals surface area contributed by atoms with Gasteiger partial charge in [0.1, 0.15) is 0 Å². The van der Waals surface area contributed by atoms with E-state index in [4.69, 9.17) is 0 Å². The van der Waals surface area contributed by atoms with E-state index in [0.29, 0.717) is 30.0 Å². The summed E-state index contributed by atoms with van der Waals surface area (Å²) in [6.07, 6.45) is 4.67. The molecule has 9 nitrogen and oxygen atoms in total. The van der Waals surface area contributed by atoms with Gasteiger partial charge in [0.05, 0.1) is 15.4 Å². The molecule has 2 fully saturated rings. The summed E-state index contributed by atoms with van der Waals surface area (Å²) in [7, 11) is -4.52. The zero-order valence-electron chi connectivity index (χ0n) is 21.0. The van der Waals surface area contributed by atoms with E-state index in [9.17, 15) is 21.6 Å². The van der Waals surface area contributed by atoms with Gasteiger partial charge in [0, 0.05) is 51.6 Å². The maximum absolute atomic E-state index is 13.5. The molecule has 1 N–H and O–H groups in total. The van der Waals surface area contributed by atoms with Crippen LogP contribution in [0.25, 0.3) is 0 Å². The first-order valence-electron chi connectivity index (χ1n) is 12.3. The van der Waals surface area contributed by atoms with Gasteiger partial charge >= 0.3 is 0 Å². The molecule has 36 heavy (non-hydrogen) atoms. The Morgan fingerprint density at radius 1 is 0.833 bits per heavy atom. The highest BCUT2D eigenvalue weighted by atomic mass is 32.2. The molecule has 0 saturated carbocycles. The van der Waals surface area contributed by atoms with E-state index < -0.39 is 26.0 Å². The van der Waals surface area contributed by atoms with E-state index in [1.807, 2.05) is 0 Å². The molecule has 2 aliphatic heterocycles. The summed E-state index contributed by atoms with van der Waals surface area (Å²) in [5.41, 5.74) is 1.99. The van der Waals surface area contributed by atoms with Gasteiger partial charge < -0.3 is 10.2 Å². The minimum atomic E-state index is -3.74. The van der Waals surface area contributed by atoms with Crippen molar-refractivity contribution < 1.29 is 21.6 Å². The van der Waals surface area contributed by atoms with Crippen molar-refractivity contribution in [3.63, 3.8) is 0 Å². The van der Waals surface area contributed by atoms with Gasteiger partial charge in [-0.15, -0.1) is 0 Å². The Labute approximate surface area is 214 Å². The standard InChI is InChI=1S/C25H34N4O5S2/c1-19-9-10-21(36(33,34)29-15-5-4-6-16-29)18-23(19)26-25(30)22-17-20(35(31,32)27(2)3)11-12-24(22)28-13-7-8-14-28/h9-12,17-18H,4-8,13-16H2,1-3H3,(H,26,30). The van der Waals surface area contributed by atoms with Crippen molar-refractivity contribution in [2.75, 3.05) is 50.5 Å². The van der Waals surface area contributed by atoms with E-state index >= 15 is 0 Å². The van der Waals surface area contributed by atoms with Crippen LogP contribution >= 0.6 is 0 Å². The smallest absolute Gasteiger partial charge is 0.257 e. The van der Waals surface area contributed by atoms with E-state index in [-0.39, 0.29) is 15.4 Å². The Bertz CT molecular complexity index is 1340. The van der Waals surface area contributed by atoms with Gasteiger partial charge in [0.2, 0.25) is 20.0 Å². The summed E-state index contributed by atoms with van der Waals surface area (Å²) in [5.74, 6) is -0.483. The average Bonchev–Trinajstić information content (AvgIpc) is 3.40. The summed E-state index contributed by atoms with van der Waals surface area (Å²) in [6, 6.07) is 9.35. The van der Waals surface area contributed by atoms with E-state index in [2.05, 4.69) is 10.2 Å².